The van der Waals surface area contributed by atoms with E-state index in [-0.39, 0.29) is 0 Å². The van der Waals surface area contributed by atoms with Crippen LogP contribution in [0.5, 0.6) is 0 Å². The highest BCUT2D eigenvalue weighted by molar-refractivity contribution is 5.23. The Morgan fingerprint density at radius 2 is 1.64 bits per heavy atom. The molecule has 0 radical (unpaired) electrons. The average molecular weight is 190 g/mol. The number of allylic oxidation sites excluding steroid dienone is 6. The van der Waals surface area contributed by atoms with Gasteiger partial charge >= 0.3 is 0 Å². The third-order valence-corrected chi connectivity index (χ3v) is 1.64. The summed E-state index contributed by atoms with van der Waals surface area (Å²) in [7, 11) is 0. The highest BCUT2D eigenvalue weighted by Gasteiger charge is 1.96. The first-order valence-corrected chi connectivity index (χ1v) is 4.73. The van der Waals surface area contributed by atoms with Crippen molar-refractivity contribution in [2.45, 2.75) is 20.8 Å². The van der Waals surface area contributed by atoms with Gasteiger partial charge in [-0.15, -0.1) is 13.2 Å². The molecule has 0 saturated carbocycles. The first kappa shape index (κ1) is 15.2. The van der Waals surface area contributed by atoms with Crippen molar-refractivity contribution in [3.05, 3.63) is 61.8 Å². The molecule has 0 aromatic heterocycles. The van der Waals surface area contributed by atoms with E-state index < -0.39 is 0 Å². The SMILES string of the molecule is C=C.C=C(C)/C=C\C(C)C(=C)/C=C\C. The molecule has 0 rings (SSSR count). The van der Waals surface area contributed by atoms with E-state index in [1.807, 2.05) is 32.1 Å². The van der Waals surface area contributed by atoms with E-state index >= 15 is 0 Å². The van der Waals surface area contributed by atoms with E-state index in [4.69, 9.17) is 0 Å². The van der Waals surface area contributed by atoms with E-state index in [0.29, 0.717) is 5.92 Å². The number of hydrogen-bond acceptors (Lipinski definition) is 0. The Kier molecular flexibility index (Phi) is 10.6. The fourth-order valence-corrected chi connectivity index (χ4v) is 0.798. The summed E-state index contributed by atoms with van der Waals surface area (Å²) < 4.78 is 0. The molecule has 14 heavy (non-hydrogen) atoms. The molecule has 0 aromatic carbocycles. The predicted octanol–water partition coefficient (Wildman–Crippen LogP) is 4.69. The summed E-state index contributed by atoms with van der Waals surface area (Å²) in [5.41, 5.74) is 2.21. The Morgan fingerprint density at radius 3 is 2.00 bits per heavy atom. The summed E-state index contributed by atoms with van der Waals surface area (Å²) in [4.78, 5) is 0. The quantitative estimate of drug-likeness (QED) is 0.445. The smallest absolute Gasteiger partial charge is 0.00132 e. The number of hydrogen-bond donors (Lipinski definition) is 0. The van der Waals surface area contributed by atoms with Crippen LogP contribution in [0.15, 0.2) is 61.8 Å². The molecule has 0 aliphatic rings. The minimum absolute atomic E-state index is 0.401. The molecule has 0 bridgehead atoms. The molecule has 1 unspecified atom stereocenters. The van der Waals surface area contributed by atoms with Crippen LogP contribution in [0.1, 0.15) is 20.8 Å². The second-order valence-electron chi connectivity index (χ2n) is 3.07. The topological polar surface area (TPSA) is 0 Å². The van der Waals surface area contributed by atoms with Gasteiger partial charge in [-0.25, -0.2) is 0 Å². The van der Waals surface area contributed by atoms with Crippen molar-refractivity contribution in [2.24, 2.45) is 5.92 Å². The molecular formula is C14H22. The molecular weight excluding hydrogens is 168 g/mol. The largest absolute Gasteiger partial charge is 0.106 e. The van der Waals surface area contributed by atoms with Crippen LogP contribution in [0.2, 0.25) is 0 Å². The normalized spacial score (nSPS) is 12.2. The zero-order valence-electron chi connectivity index (χ0n) is 9.72. The van der Waals surface area contributed by atoms with E-state index in [1.165, 1.54) is 0 Å². The molecule has 0 aliphatic heterocycles. The molecule has 0 amide bonds. The minimum atomic E-state index is 0.401. The van der Waals surface area contributed by atoms with E-state index in [2.05, 4.69) is 39.3 Å². The third-order valence-electron chi connectivity index (χ3n) is 1.64. The first-order valence-electron chi connectivity index (χ1n) is 4.73. The van der Waals surface area contributed by atoms with E-state index in [0.717, 1.165) is 11.1 Å². The molecule has 0 heterocycles. The van der Waals surface area contributed by atoms with Gasteiger partial charge in [0.25, 0.3) is 0 Å². The molecule has 0 spiro atoms. The Balaban J connectivity index is 0. The summed E-state index contributed by atoms with van der Waals surface area (Å²) >= 11 is 0. The van der Waals surface area contributed by atoms with Gasteiger partial charge in [0, 0.05) is 0 Å². The van der Waals surface area contributed by atoms with Crippen molar-refractivity contribution in [2.75, 3.05) is 0 Å². The maximum absolute atomic E-state index is 3.95. The van der Waals surface area contributed by atoms with E-state index in [9.17, 15) is 0 Å². The summed E-state index contributed by atoms with van der Waals surface area (Å²) in [6.45, 7) is 19.9. The van der Waals surface area contributed by atoms with Crippen molar-refractivity contribution >= 4 is 0 Å². The molecule has 0 heteroatoms. The third kappa shape index (κ3) is 8.79. The van der Waals surface area contributed by atoms with Crippen molar-refractivity contribution in [3.8, 4) is 0 Å². The molecule has 1 atom stereocenters. The minimum Gasteiger partial charge on any atom is -0.106 e. The van der Waals surface area contributed by atoms with Gasteiger partial charge in [-0.1, -0.05) is 50.0 Å². The highest BCUT2D eigenvalue weighted by Crippen LogP contribution is 2.11. The zero-order chi connectivity index (χ0) is 11.6. The van der Waals surface area contributed by atoms with Crippen LogP contribution < -0.4 is 0 Å². The Labute approximate surface area is 89.0 Å². The van der Waals surface area contributed by atoms with Gasteiger partial charge in [0.05, 0.1) is 0 Å². The zero-order valence-corrected chi connectivity index (χ0v) is 9.72. The lowest BCUT2D eigenvalue weighted by Gasteiger charge is -2.04. The van der Waals surface area contributed by atoms with Crippen molar-refractivity contribution in [3.63, 3.8) is 0 Å². The van der Waals surface area contributed by atoms with Crippen LogP contribution in [-0.4, -0.2) is 0 Å². The van der Waals surface area contributed by atoms with E-state index in [1.54, 1.807) is 0 Å². The van der Waals surface area contributed by atoms with Crippen molar-refractivity contribution in [1.29, 1.82) is 0 Å². The van der Waals surface area contributed by atoms with Gasteiger partial charge in [0.15, 0.2) is 0 Å². The average Bonchev–Trinajstić information content (AvgIpc) is 2.17. The van der Waals surface area contributed by atoms with Gasteiger partial charge in [-0.2, -0.15) is 0 Å². The van der Waals surface area contributed by atoms with Crippen LogP contribution in [0.4, 0.5) is 0 Å². The molecule has 0 saturated heterocycles. The Morgan fingerprint density at radius 1 is 1.14 bits per heavy atom. The van der Waals surface area contributed by atoms with Crippen molar-refractivity contribution < 1.29 is 0 Å². The van der Waals surface area contributed by atoms with Gasteiger partial charge in [-0.05, 0) is 25.3 Å². The maximum atomic E-state index is 3.95. The molecule has 0 aliphatic carbocycles. The monoisotopic (exact) mass is 190 g/mol. The summed E-state index contributed by atoms with van der Waals surface area (Å²) in [6, 6.07) is 0. The Hall–Kier alpha value is -1.30. The lowest BCUT2D eigenvalue weighted by atomic mass is 10.0. The lowest BCUT2D eigenvalue weighted by molar-refractivity contribution is 0.894. The maximum Gasteiger partial charge on any atom is -0.00132 e. The highest BCUT2D eigenvalue weighted by atomic mass is 14.0. The van der Waals surface area contributed by atoms with Crippen LogP contribution >= 0.6 is 0 Å². The van der Waals surface area contributed by atoms with Crippen LogP contribution in [0.25, 0.3) is 0 Å². The molecule has 0 N–H and O–H groups in total. The molecule has 0 aromatic rings. The van der Waals surface area contributed by atoms with Gasteiger partial charge < -0.3 is 0 Å². The van der Waals surface area contributed by atoms with Crippen LogP contribution in [0, 0.1) is 5.92 Å². The van der Waals surface area contributed by atoms with Gasteiger partial charge in [0.2, 0.25) is 0 Å². The summed E-state index contributed by atoms with van der Waals surface area (Å²) in [5, 5.41) is 0. The second-order valence-corrected chi connectivity index (χ2v) is 3.07. The molecule has 0 fully saturated rings. The van der Waals surface area contributed by atoms with Gasteiger partial charge in [-0.3, -0.25) is 0 Å². The number of rotatable bonds is 4. The molecule has 0 nitrogen and oxygen atoms in total. The second kappa shape index (κ2) is 9.79. The van der Waals surface area contributed by atoms with Crippen LogP contribution in [-0.2, 0) is 0 Å². The van der Waals surface area contributed by atoms with Crippen LogP contribution in [0.3, 0.4) is 0 Å². The standard InChI is InChI=1S/C12H18.C2H4/c1-6-7-11(4)12(5)9-8-10(2)3;1-2/h6-9,12H,2,4H2,1,3,5H3;1-2H2/b7-6-,9-8-;. The fourth-order valence-electron chi connectivity index (χ4n) is 0.798. The first-order chi connectivity index (χ1) is 6.57. The molecule has 78 valence electrons. The Bertz CT molecular complexity index is 228. The summed E-state index contributed by atoms with van der Waals surface area (Å²) in [5.74, 6) is 0.401. The van der Waals surface area contributed by atoms with Crippen molar-refractivity contribution in [1.82, 2.24) is 0 Å². The predicted molar refractivity (Wildman–Crippen MR) is 68.3 cm³/mol. The summed E-state index contributed by atoms with van der Waals surface area (Å²) in [6.07, 6.45) is 8.19. The fraction of sp³-hybridized carbons (Fsp3) is 0.286. The van der Waals surface area contributed by atoms with Gasteiger partial charge in [0.1, 0.15) is 0 Å². The lowest BCUT2D eigenvalue weighted by Crippen LogP contribution is -1.90.